The molecule has 0 amide bonds. The molecule has 0 radical (unpaired) electrons. The van der Waals surface area contributed by atoms with Crippen molar-refractivity contribution in [3.63, 3.8) is 0 Å². The molecular formula is C65H62FGeIrN6O. The Morgan fingerprint density at radius 1 is 0.667 bits per heavy atom. The molecule has 7 nitrogen and oxygen atoms in total. The number of fused-ring (bicyclic) bond motifs is 5. The predicted octanol–water partition coefficient (Wildman–Crippen LogP) is 17.8. The van der Waals surface area contributed by atoms with Crippen LogP contribution in [0.2, 0.25) is 17.3 Å². The van der Waals surface area contributed by atoms with E-state index in [2.05, 4.69) is 196 Å². The van der Waals surface area contributed by atoms with Gasteiger partial charge in [-0.05, 0) is 70.5 Å². The van der Waals surface area contributed by atoms with Crippen molar-refractivity contribution in [2.45, 2.75) is 102 Å². The van der Waals surface area contributed by atoms with E-state index in [9.17, 15) is 9.65 Å². The van der Waals surface area contributed by atoms with E-state index in [4.69, 9.17) is 14.7 Å². The summed E-state index contributed by atoms with van der Waals surface area (Å²) in [7, 11) is 0. The smallest absolute Gasteiger partial charge is 0.486 e. The van der Waals surface area contributed by atoms with Gasteiger partial charge in [-0.25, -0.2) is 4.98 Å². The Bertz CT molecular complexity index is 3690. The number of benzene rings is 7. The van der Waals surface area contributed by atoms with Crippen LogP contribution in [0.1, 0.15) is 119 Å². The van der Waals surface area contributed by atoms with Gasteiger partial charge in [0.2, 0.25) is 5.71 Å². The van der Waals surface area contributed by atoms with Gasteiger partial charge < -0.3 is 8.98 Å². The third-order valence-electron chi connectivity index (χ3n) is 14.2. The number of halogens is 1. The Morgan fingerprint density at radius 3 is 1.92 bits per heavy atom. The van der Waals surface area contributed by atoms with Crippen LogP contribution in [0, 0.1) is 29.3 Å². The van der Waals surface area contributed by atoms with Crippen LogP contribution in [-0.4, -0.2) is 27.8 Å². The molecule has 378 valence electrons. The summed E-state index contributed by atoms with van der Waals surface area (Å²) in [6.07, 6.45) is -0.259. The van der Waals surface area contributed by atoms with Crippen molar-refractivity contribution in [2.75, 3.05) is 4.90 Å². The number of hydrogen-bond donors (Lipinski definition) is 0. The van der Waals surface area contributed by atoms with Crippen molar-refractivity contribution < 1.29 is 28.9 Å². The first kappa shape index (κ1) is 53.0. The Labute approximate surface area is 457 Å². The molecule has 1 aliphatic heterocycles. The number of nitrogens with zero attached hydrogens (tertiary/aromatic N) is 6. The molecule has 4 heterocycles. The van der Waals surface area contributed by atoms with Crippen LogP contribution in [0.15, 0.2) is 150 Å². The molecule has 10 aromatic rings. The van der Waals surface area contributed by atoms with Gasteiger partial charge in [-0.15, -0.1) is 18.2 Å². The van der Waals surface area contributed by atoms with Gasteiger partial charge in [0.1, 0.15) is 11.8 Å². The van der Waals surface area contributed by atoms with Crippen LogP contribution >= 0.6 is 0 Å². The number of hydrogen-bond acceptors (Lipinski definition) is 5. The van der Waals surface area contributed by atoms with Crippen LogP contribution in [0.25, 0.3) is 66.6 Å². The van der Waals surface area contributed by atoms with Gasteiger partial charge >= 0.3 is 216 Å². The second-order valence-corrected chi connectivity index (χ2v) is 32.3. The zero-order valence-corrected chi connectivity index (χ0v) is 49.0. The number of aromatic nitrogens is 3. The van der Waals surface area contributed by atoms with Crippen LogP contribution in [-0.2, 0) is 20.1 Å². The van der Waals surface area contributed by atoms with E-state index < -0.39 is 13.3 Å². The number of pyridine rings is 1. The summed E-state index contributed by atoms with van der Waals surface area (Å²) >= 11 is -2.04. The maximum atomic E-state index is 13.7. The van der Waals surface area contributed by atoms with Gasteiger partial charge in [-0.1, -0.05) is 81.1 Å². The van der Waals surface area contributed by atoms with Gasteiger partial charge in [-0.2, -0.15) is 5.26 Å². The summed E-state index contributed by atoms with van der Waals surface area (Å²) in [4.78, 5) is 12.0. The summed E-state index contributed by atoms with van der Waals surface area (Å²) in [5.74, 6) is 9.13. The van der Waals surface area contributed by atoms with E-state index in [0.29, 0.717) is 28.8 Å². The van der Waals surface area contributed by atoms with E-state index in [1.165, 1.54) is 55.6 Å². The molecule has 0 fully saturated rings. The third-order valence-corrected chi connectivity index (χ3v) is 18.4. The van der Waals surface area contributed by atoms with Gasteiger partial charge in [-0.3, -0.25) is 4.98 Å². The van der Waals surface area contributed by atoms with E-state index in [-0.39, 0.29) is 43.9 Å². The molecular weight excluding hydrogens is 1160 g/mol. The Morgan fingerprint density at radius 2 is 1.29 bits per heavy atom. The second kappa shape index (κ2) is 21.4. The number of rotatable bonds is 10. The number of nitriles is 1. The molecule has 0 saturated carbocycles. The minimum Gasteiger partial charge on any atom is -0.486 e. The molecule has 3 aromatic heterocycles. The molecule has 0 spiro atoms. The Balaban J connectivity index is 0.000000188. The van der Waals surface area contributed by atoms with Gasteiger partial charge in [0.25, 0.3) is 0 Å². The van der Waals surface area contributed by atoms with Gasteiger partial charge in [0, 0.05) is 11.1 Å². The molecule has 75 heavy (non-hydrogen) atoms. The van der Waals surface area contributed by atoms with Gasteiger partial charge in [0.15, 0.2) is 0 Å². The third kappa shape index (κ3) is 10.1. The van der Waals surface area contributed by atoms with Crippen LogP contribution in [0.4, 0.5) is 21.5 Å². The monoisotopic (exact) mass is 1230 g/mol. The van der Waals surface area contributed by atoms with Crippen LogP contribution < -0.4 is 9.30 Å². The SMILES string of the molecule is CC(C)c1c[c]([Ge]([CH3])([CH3])[CH3])cc(C(C)C)c1N1c2ccccc2[N-]C1c1[c-]cc(F)cc1.CC(C)c1cc(-c2ccccc2)cc(C(C)C)c1-n1c(-c2[c-]ccc3c2oc2nc(C#N)ccc23)nc2ccccc21.[Ir+3]. The van der Waals surface area contributed by atoms with Crippen molar-refractivity contribution in [3.05, 3.63) is 202 Å². The molecule has 11 rings (SSSR count). The van der Waals surface area contributed by atoms with E-state index in [1.54, 1.807) is 6.07 Å². The van der Waals surface area contributed by atoms with E-state index in [0.717, 1.165) is 55.8 Å². The van der Waals surface area contributed by atoms with Crippen LogP contribution in [0.3, 0.4) is 0 Å². The van der Waals surface area contributed by atoms with E-state index >= 15 is 0 Å². The summed E-state index contributed by atoms with van der Waals surface area (Å²) in [6.45, 7) is 18.1. The fourth-order valence-electron chi connectivity index (χ4n) is 10.3. The Hall–Kier alpha value is -6.83. The van der Waals surface area contributed by atoms with Crippen molar-refractivity contribution in [3.8, 4) is 34.3 Å². The van der Waals surface area contributed by atoms with Crippen molar-refractivity contribution in [1.29, 1.82) is 5.26 Å². The first-order chi connectivity index (χ1) is 35.5. The van der Waals surface area contributed by atoms with Crippen LogP contribution in [0.5, 0.6) is 0 Å². The topological polar surface area (TPSA) is 85.0 Å². The standard InChI is InChI=1S/C37H29N4O.C28H33FGeN2.Ir/c1-22(2)30-19-25(24-11-6-5-7-12-24)20-31(23(3)4)34(30)41-33-16-9-8-15-32(33)40-36(41)29-14-10-13-27-28-18-17-26(21-38)39-37(28)42-35(27)29;1-18(2)23-16-22(30(5,6)7)17-24(19(3)4)27(23)32-26-11-9-8-10-25(26)31-28(32)20-12-14-21(29)15-13-20;/h5-13,15-20,22-23H,1-4H3;8-12,14-19,28H,1-7H3;/q-1;-2;+3. The molecule has 1 aliphatic rings. The number of para-hydroxylation sites is 4. The Kier molecular flexibility index (Phi) is 15.1. The molecule has 0 N–H and O–H groups in total. The molecule has 1 unspecified atom stereocenters. The zero-order chi connectivity index (χ0) is 52.2. The predicted molar refractivity (Wildman–Crippen MR) is 306 cm³/mol. The zero-order valence-electron chi connectivity index (χ0n) is 44.5. The molecule has 0 aliphatic carbocycles. The van der Waals surface area contributed by atoms with Crippen molar-refractivity contribution in [2.24, 2.45) is 0 Å². The first-order valence-electron chi connectivity index (χ1n) is 25.8. The summed E-state index contributed by atoms with van der Waals surface area (Å²) in [5, 5.41) is 16.3. The van der Waals surface area contributed by atoms with Crippen molar-refractivity contribution >= 4 is 67.8 Å². The molecule has 0 saturated heterocycles. The van der Waals surface area contributed by atoms with Gasteiger partial charge in [0.05, 0.1) is 22.4 Å². The fraction of sp³-hybridized carbons (Fsp3) is 0.246. The normalized spacial score (nSPS) is 13.4. The average Bonchev–Trinajstić information content (AvgIpc) is 4.09. The summed E-state index contributed by atoms with van der Waals surface area (Å²) in [6, 6.07) is 57.7. The maximum Gasteiger partial charge on any atom is 3.00 e. The molecule has 7 aromatic carbocycles. The van der Waals surface area contributed by atoms with E-state index in [1.807, 2.05) is 36.4 Å². The fourth-order valence-corrected chi connectivity index (χ4v) is 12.8. The minimum atomic E-state index is -2.04. The number of imidazole rings is 1. The summed E-state index contributed by atoms with van der Waals surface area (Å²) < 4.78 is 23.9. The minimum absolute atomic E-state index is 0. The second-order valence-electron chi connectivity index (χ2n) is 21.7. The largest absolute Gasteiger partial charge is 3.00 e. The number of furan rings is 1. The summed E-state index contributed by atoms with van der Waals surface area (Å²) in [5.41, 5.74) is 17.1. The maximum absolute atomic E-state index is 13.7. The van der Waals surface area contributed by atoms with Crippen molar-refractivity contribution in [1.82, 2.24) is 14.5 Å². The number of anilines is 2. The average molecular weight is 1230 g/mol. The quantitative estimate of drug-likeness (QED) is 0.101. The first-order valence-corrected chi connectivity index (χ1v) is 33.2. The molecule has 0 bridgehead atoms. The molecule has 1 atom stereocenters. The molecule has 10 heteroatoms.